The Kier molecular flexibility index (Phi) is 3.23. The summed E-state index contributed by atoms with van der Waals surface area (Å²) in [4.78, 5) is 0. The van der Waals surface area contributed by atoms with Crippen molar-refractivity contribution in [2.24, 2.45) is 0 Å². The Morgan fingerprint density at radius 2 is 1.05 bits per heavy atom. The molecule has 0 heteroatoms. The van der Waals surface area contributed by atoms with E-state index < -0.39 is 0 Å². The Balaban J connectivity index is 2.36. The van der Waals surface area contributed by atoms with Crippen LogP contribution in [-0.4, -0.2) is 0 Å². The van der Waals surface area contributed by atoms with Crippen molar-refractivity contribution in [2.75, 3.05) is 0 Å². The molecule has 0 aromatic heterocycles. The summed E-state index contributed by atoms with van der Waals surface area (Å²) in [6.07, 6.45) is 0. The first kappa shape index (κ1) is 12.2. The lowest BCUT2D eigenvalue weighted by molar-refractivity contribution is 0.590. The molecule has 0 saturated heterocycles. The lowest BCUT2D eigenvalue weighted by Crippen LogP contribution is -2.11. The van der Waals surface area contributed by atoms with Crippen molar-refractivity contribution in [2.45, 2.75) is 26.2 Å². The first-order valence-electron chi connectivity index (χ1n) is 8.65. The average molecular weight is 288 g/mol. The Morgan fingerprint density at radius 3 is 1.41 bits per heavy atom. The minimum absolute atomic E-state index is 0.261. The Morgan fingerprint density at radius 1 is 0.636 bits per heavy atom. The summed E-state index contributed by atoms with van der Waals surface area (Å²) in [5.41, 5.74) is 4.34. The fraction of sp³-hybridized carbons (Fsp3) is 0.182. The number of hydrogen-bond donors (Lipinski definition) is 0. The molecule has 3 aromatic carbocycles. The average Bonchev–Trinajstić information content (AvgIpc) is 2.55. The van der Waals surface area contributed by atoms with Crippen LogP contribution in [0.2, 0.25) is 0 Å². The zero-order valence-corrected chi connectivity index (χ0v) is 13.4. The maximum Gasteiger partial charge on any atom is 0.0632 e. The van der Waals surface area contributed by atoms with Gasteiger partial charge in [0.2, 0.25) is 0 Å². The monoisotopic (exact) mass is 288 g/mol. The molecule has 0 aliphatic carbocycles. The van der Waals surface area contributed by atoms with Gasteiger partial charge in [-0.2, -0.15) is 0 Å². The predicted molar refractivity (Wildman–Crippen MR) is 96.0 cm³/mol. The smallest absolute Gasteiger partial charge is 0.0622 e. The van der Waals surface area contributed by atoms with Crippen LogP contribution in [0.1, 0.15) is 29.1 Å². The Hall–Kier alpha value is -2.34. The largest absolute Gasteiger partial charge is 0.0632 e. The molecule has 0 atom stereocenters. The summed E-state index contributed by atoms with van der Waals surface area (Å²) in [5.74, 6) is 0. The third-order valence-electron chi connectivity index (χ3n) is 3.73. The molecular weight excluding hydrogens is 264 g/mol. The van der Waals surface area contributed by atoms with E-state index in [1.54, 1.807) is 0 Å². The third kappa shape index (κ3) is 3.12. The molecule has 3 rings (SSSR count). The van der Waals surface area contributed by atoms with Crippen LogP contribution in [0, 0.1) is 0 Å². The van der Waals surface area contributed by atoms with Gasteiger partial charge in [0.1, 0.15) is 0 Å². The van der Waals surface area contributed by atoms with Crippen LogP contribution in [-0.2, 0) is 5.41 Å². The van der Waals surface area contributed by atoms with Crippen LogP contribution in [0.5, 0.6) is 0 Å². The molecule has 0 aliphatic heterocycles. The highest BCUT2D eigenvalue weighted by Crippen LogP contribution is 2.33. The van der Waals surface area contributed by atoms with Gasteiger partial charge >= 0.3 is 0 Å². The first-order valence-corrected chi connectivity index (χ1v) is 7.65. The highest BCUT2D eigenvalue weighted by Gasteiger charge is 2.16. The van der Waals surface area contributed by atoms with E-state index in [9.17, 15) is 0 Å². The van der Waals surface area contributed by atoms with Gasteiger partial charge in [-0.05, 0) is 39.3 Å². The Labute approximate surface area is 136 Å². The quantitative estimate of drug-likeness (QED) is 0.517. The van der Waals surface area contributed by atoms with E-state index in [0.717, 1.165) is 27.8 Å². The molecule has 22 heavy (non-hydrogen) atoms. The van der Waals surface area contributed by atoms with Crippen molar-refractivity contribution < 1.29 is 2.74 Å². The van der Waals surface area contributed by atoms with Gasteiger partial charge in [0, 0.05) is 0 Å². The summed E-state index contributed by atoms with van der Waals surface area (Å²) < 4.78 is 17.4. The Bertz CT molecular complexity index is 781. The van der Waals surface area contributed by atoms with Crippen molar-refractivity contribution >= 4 is 0 Å². The summed E-state index contributed by atoms with van der Waals surface area (Å²) in [6, 6.07) is 22.9. The summed E-state index contributed by atoms with van der Waals surface area (Å²) in [5, 5.41) is 0. The second kappa shape index (κ2) is 5.81. The molecular formula is C22H22. The SMILES string of the molecule is [2H]c1c(-c2ccccc2)cc(-c2ccccc2)c([2H])c1C(C)(C)C. The highest BCUT2D eigenvalue weighted by atomic mass is 14.2. The normalized spacial score (nSPS) is 12.7. The molecule has 0 nitrogen and oxygen atoms in total. The third-order valence-corrected chi connectivity index (χ3v) is 3.73. The molecule has 0 amide bonds. The molecule has 0 spiro atoms. The molecule has 0 saturated carbocycles. The van der Waals surface area contributed by atoms with Crippen LogP contribution in [0.4, 0.5) is 0 Å². The van der Waals surface area contributed by atoms with Crippen LogP contribution in [0.25, 0.3) is 22.3 Å². The summed E-state index contributed by atoms with van der Waals surface area (Å²) in [6.45, 7) is 6.21. The minimum Gasteiger partial charge on any atom is -0.0622 e. The predicted octanol–water partition coefficient (Wildman–Crippen LogP) is 6.32. The first-order chi connectivity index (χ1) is 11.4. The van der Waals surface area contributed by atoms with Crippen molar-refractivity contribution in [1.82, 2.24) is 0 Å². The van der Waals surface area contributed by atoms with Crippen molar-refractivity contribution in [3.63, 3.8) is 0 Å². The van der Waals surface area contributed by atoms with Gasteiger partial charge in [-0.3, -0.25) is 0 Å². The molecule has 0 N–H and O–H groups in total. The van der Waals surface area contributed by atoms with E-state index in [1.165, 1.54) is 0 Å². The number of rotatable bonds is 2. The summed E-state index contributed by atoms with van der Waals surface area (Å²) in [7, 11) is 0. The second-order valence-corrected chi connectivity index (χ2v) is 6.58. The fourth-order valence-corrected chi connectivity index (χ4v) is 2.44. The van der Waals surface area contributed by atoms with Gasteiger partial charge in [-0.15, -0.1) is 0 Å². The van der Waals surface area contributed by atoms with E-state index in [-0.39, 0.29) is 5.41 Å². The van der Waals surface area contributed by atoms with Crippen molar-refractivity contribution in [1.29, 1.82) is 0 Å². The van der Waals surface area contributed by atoms with E-state index >= 15 is 0 Å². The molecule has 0 unspecified atom stereocenters. The fourth-order valence-electron chi connectivity index (χ4n) is 2.44. The molecule has 0 fully saturated rings. The van der Waals surface area contributed by atoms with Crippen molar-refractivity contribution in [3.8, 4) is 22.3 Å². The van der Waals surface area contributed by atoms with Gasteiger partial charge in [0.15, 0.2) is 0 Å². The van der Waals surface area contributed by atoms with Gasteiger partial charge in [-0.1, -0.05) is 93.5 Å². The lowest BCUT2D eigenvalue weighted by Gasteiger charge is -2.21. The topological polar surface area (TPSA) is 0 Å². The minimum atomic E-state index is -0.261. The van der Waals surface area contributed by atoms with E-state index in [2.05, 4.69) is 20.8 Å². The van der Waals surface area contributed by atoms with Gasteiger partial charge in [-0.25, -0.2) is 0 Å². The van der Waals surface area contributed by atoms with Crippen LogP contribution in [0.3, 0.4) is 0 Å². The number of hydrogen-bond acceptors (Lipinski definition) is 0. The van der Waals surface area contributed by atoms with Crippen molar-refractivity contribution in [3.05, 3.63) is 84.4 Å². The molecule has 0 aliphatic rings. The lowest BCUT2D eigenvalue weighted by atomic mass is 9.83. The van der Waals surface area contributed by atoms with Gasteiger partial charge in [0.05, 0.1) is 2.74 Å². The molecule has 0 heterocycles. The van der Waals surface area contributed by atoms with Crippen LogP contribution in [0.15, 0.2) is 78.8 Å². The summed E-state index contributed by atoms with van der Waals surface area (Å²) >= 11 is 0. The maximum absolute atomic E-state index is 8.72. The van der Waals surface area contributed by atoms with Gasteiger partial charge < -0.3 is 0 Å². The highest BCUT2D eigenvalue weighted by molar-refractivity contribution is 5.74. The van der Waals surface area contributed by atoms with E-state index in [0.29, 0.717) is 12.1 Å². The van der Waals surface area contributed by atoms with Gasteiger partial charge in [0.25, 0.3) is 0 Å². The molecule has 110 valence electrons. The number of benzene rings is 3. The maximum atomic E-state index is 8.72. The standard InChI is InChI=1S/C22H22/c1-22(2,3)21-15-19(17-10-6-4-7-11-17)14-20(16-21)18-12-8-5-9-13-18/h4-16H,1-3H3/i15D,16D. The van der Waals surface area contributed by atoms with E-state index in [4.69, 9.17) is 2.74 Å². The zero-order valence-electron chi connectivity index (χ0n) is 15.4. The van der Waals surface area contributed by atoms with Crippen LogP contribution >= 0.6 is 0 Å². The zero-order chi connectivity index (χ0) is 17.3. The molecule has 0 radical (unpaired) electrons. The van der Waals surface area contributed by atoms with Crippen LogP contribution < -0.4 is 0 Å². The second-order valence-electron chi connectivity index (χ2n) is 6.58. The molecule has 0 bridgehead atoms. The van der Waals surface area contributed by atoms with E-state index in [1.807, 2.05) is 66.7 Å². The molecule has 3 aromatic rings.